The lowest BCUT2D eigenvalue weighted by Gasteiger charge is -2.32. The van der Waals surface area contributed by atoms with E-state index in [1.807, 2.05) is 0 Å². The van der Waals surface area contributed by atoms with Gasteiger partial charge >= 0.3 is 11.7 Å². The second-order valence-corrected chi connectivity index (χ2v) is 7.17. The normalized spacial score (nSPS) is 24.1. The number of esters is 1. The molecule has 1 aliphatic heterocycles. The maximum atomic E-state index is 12.2. The molecule has 0 aromatic carbocycles. The van der Waals surface area contributed by atoms with Crippen LogP contribution in [-0.4, -0.2) is 39.9 Å². The van der Waals surface area contributed by atoms with Crippen LogP contribution in [0.15, 0.2) is 15.8 Å². The molecule has 0 unspecified atom stereocenters. The number of aliphatic hydroxyl groups is 1. The van der Waals surface area contributed by atoms with Gasteiger partial charge in [-0.05, 0) is 34.1 Å². The number of H-pyrrole nitrogens is 1. The molecule has 1 aromatic rings. The number of nitrogens with one attached hydrogen (secondary N) is 1. The number of aliphatic hydroxyl groups excluding tert-OH is 1. The Kier molecular flexibility index (Phi) is 5.00. The second kappa shape index (κ2) is 6.52. The molecule has 1 aromatic heterocycles. The van der Waals surface area contributed by atoms with Gasteiger partial charge in [0.05, 0.1) is 18.1 Å². The zero-order chi connectivity index (χ0) is 18.1. The fraction of sp³-hybridized carbons (Fsp3) is 0.688. The molecule has 134 valence electrons. The van der Waals surface area contributed by atoms with Crippen molar-refractivity contribution in [2.45, 2.75) is 52.4 Å². The van der Waals surface area contributed by atoms with E-state index >= 15 is 0 Å². The van der Waals surface area contributed by atoms with E-state index in [2.05, 4.69) is 4.98 Å². The van der Waals surface area contributed by atoms with Crippen molar-refractivity contribution >= 4 is 5.97 Å². The number of aromatic amines is 1. The molecule has 2 atom stereocenters. The fourth-order valence-corrected chi connectivity index (χ4v) is 2.56. The summed E-state index contributed by atoms with van der Waals surface area (Å²) >= 11 is 0. The van der Waals surface area contributed by atoms with Crippen molar-refractivity contribution < 1.29 is 19.4 Å². The molecule has 1 aliphatic rings. The molecule has 24 heavy (non-hydrogen) atoms. The highest BCUT2D eigenvalue weighted by atomic mass is 16.6. The lowest BCUT2D eigenvalue weighted by atomic mass is 9.97. The van der Waals surface area contributed by atoms with Crippen LogP contribution in [0.2, 0.25) is 0 Å². The summed E-state index contributed by atoms with van der Waals surface area (Å²) in [6.45, 7) is 6.37. The summed E-state index contributed by atoms with van der Waals surface area (Å²) in [7, 11) is 0. The quantitative estimate of drug-likeness (QED) is 0.761. The van der Waals surface area contributed by atoms with Gasteiger partial charge in [-0.25, -0.2) is 4.79 Å². The van der Waals surface area contributed by atoms with Crippen LogP contribution in [0.5, 0.6) is 0 Å². The summed E-state index contributed by atoms with van der Waals surface area (Å²) in [5.74, 6) is -0.424. The van der Waals surface area contributed by atoms with Gasteiger partial charge in [-0.1, -0.05) is 0 Å². The molecule has 0 bridgehead atoms. The Labute approximate surface area is 139 Å². The maximum absolute atomic E-state index is 12.2. The summed E-state index contributed by atoms with van der Waals surface area (Å²) < 4.78 is 12.5. The Balaban J connectivity index is 2.39. The van der Waals surface area contributed by atoms with Crippen molar-refractivity contribution in [3.8, 4) is 0 Å². The summed E-state index contributed by atoms with van der Waals surface area (Å²) in [6.07, 6.45) is 1.82. The van der Waals surface area contributed by atoms with Crippen LogP contribution in [0.3, 0.4) is 0 Å². The predicted molar refractivity (Wildman–Crippen MR) is 85.6 cm³/mol. The molecule has 1 fully saturated rings. The lowest BCUT2D eigenvalue weighted by Crippen LogP contribution is -2.48. The van der Waals surface area contributed by atoms with Gasteiger partial charge in [-0.15, -0.1) is 0 Å². The molecule has 2 heterocycles. The third-order valence-corrected chi connectivity index (χ3v) is 4.05. The highest BCUT2D eigenvalue weighted by Crippen LogP contribution is 2.34. The van der Waals surface area contributed by atoms with Crippen LogP contribution in [0.4, 0.5) is 0 Å². The summed E-state index contributed by atoms with van der Waals surface area (Å²) in [6, 6.07) is 0. The van der Waals surface area contributed by atoms with Crippen LogP contribution in [0.25, 0.3) is 0 Å². The van der Waals surface area contributed by atoms with Crippen LogP contribution < -0.4 is 11.2 Å². The highest BCUT2D eigenvalue weighted by molar-refractivity contribution is 5.75. The van der Waals surface area contributed by atoms with Gasteiger partial charge in [0.2, 0.25) is 0 Å². The third kappa shape index (κ3) is 3.59. The van der Waals surface area contributed by atoms with E-state index in [0.29, 0.717) is 18.4 Å². The maximum Gasteiger partial charge on any atom is 0.330 e. The van der Waals surface area contributed by atoms with Crippen molar-refractivity contribution in [3.05, 3.63) is 32.6 Å². The van der Waals surface area contributed by atoms with Crippen LogP contribution in [0.1, 0.15) is 39.2 Å². The van der Waals surface area contributed by atoms with Gasteiger partial charge in [0.1, 0.15) is 6.61 Å². The summed E-state index contributed by atoms with van der Waals surface area (Å²) in [5.41, 5.74) is -2.71. The Bertz CT molecular complexity index is 729. The lowest BCUT2D eigenvalue weighted by molar-refractivity contribution is -0.179. The van der Waals surface area contributed by atoms with Crippen molar-refractivity contribution in [1.82, 2.24) is 9.55 Å². The number of carbonyl (C=O) groups excluding carboxylic acids is 1. The first-order chi connectivity index (χ1) is 11.1. The number of hydrogen-bond acceptors (Lipinski definition) is 6. The monoisotopic (exact) mass is 340 g/mol. The first-order valence-electron chi connectivity index (χ1n) is 7.88. The molecular formula is C16H24N2O6. The molecule has 2 rings (SSSR count). The number of hydrogen-bond donors (Lipinski definition) is 2. The van der Waals surface area contributed by atoms with E-state index in [9.17, 15) is 19.5 Å². The third-order valence-electron chi connectivity index (χ3n) is 4.05. The molecule has 2 N–H and O–H groups in total. The van der Waals surface area contributed by atoms with Gasteiger partial charge in [0, 0.05) is 18.2 Å². The van der Waals surface area contributed by atoms with Gasteiger partial charge in [-0.2, -0.15) is 0 Å². The zero-order valence-corrected chi connectivity index (χ0v) is 14.4. The van der Waals surface area contributed by atoms with E-state index in [1.54, 1.807) is 27.7 Å². The second-order valence-electron chi connectivity index (χ2n) is 7.17. The van der Waals surface area contributed by atoms with Crippen molar-refractivity contribution in [1.29, 1.82) is 0 Å². The first kappa shape index (κ1) is 18.4. The zero-order valence-electron chi connectivity index (χ0n) is 14.4. The molecular weight excluding hydrogens is 316 g/mol. The fourth-order valence-electron chi connectivity index (χ4n) is 2.56. The van der Waals surface area contributed by atoms with E-state index in [1.165, 1.54) is 10.8 Å². The molecule has 0 aliphatic carbocycles. The number of carbonyl (C=O) groups is 1. The standard InChI is InChI=1S/C16H24N2O6/c1-10-7-18(14(22)17-12(10)20)16(6-5-11(8-19)24-16)9-23-13(21)15(2,3)4/h7,11,19H,5-6,8-9H2,1-4H3,(H,17,20,22)/t11-,16-/m0/s1. The largest absolute Gasteiger partial charge is 0.460 e. The average molecular weight is 340 g/mol. The van der Waals surface area contributed by atoms with Crippen LogP contribution >= 0.6 is 0 Å². The number of aryl methyl sites for hydroxylation is 1. The minimum Gasteiger partial charge on any atom is -0.460 e. The van der Waals surface area contributed by atoms with E-state index in [0.717, 1.165) is 0 Å². The highest BCUT2D eigenvalue weighted by Gasteiger charge is 2.44. The van der Waals surface area contributed by atoms with Crippen molar-refractivity contribution in [3.63, 3.8) is 0 Å². The number of nitrogens with zero attached hydrogens (tertiary/aromatic N) is 1. The molecule has 8 heteroatoms. The molecule has 0 saturated carbocycles. The summed E-state index contributed by atoms with van der Waals surface area (Å²) in [5, 5.41) is 9.34. The Morgan fingerprint density at radius 1 is 1.50 bits per heavy atom. The topological polar surface area (TPSA) is 111 Å². The average Bonchev–Trinajstić information content (AvgIpc) is 2.92. The van der Waals surface area contributed by atoms with Gasteiger partial charge in [-0.3, -0.25) is 19.1 Å². The molecule has 0 amide bonds. The predicted octanol–water partition coefficient (Wildman–Crippen LogP) is 0.258. The molecule has 0 spiro atoms. The van der Waals surface area contributed by atoms with Crippen LogP contribution in [0, 0.1) is 12.3 Å². The first-order valence-corrected chi connectivity index (χ1v) is 7.88. The number of aromatic nitrogens is 2. The van der Waals surface area contributed by atoms with Gasteiger partial charge in [0.25, 0.3) is 5.56 Å². The van der Waals surface area contributed by atoms with Crippen LogP contribution in [-0.2, 0) is 20.0 Å². The van der Waals surface area contributed by atoms with Crippen molar-refractivity contribution in [2.24, 2.45) is 5.41 Å². The Morgan fingerprint density at radius 3 is 2.71 bits per heavy atom. The minimum atomic E-state index is -1.24. The molecule has 0 radical (unpaired) electrons. The van der Waals surface area contributed by atoms with Gasteiger partial charge < -0.3 is 14.6 Å². The van der Waals surface area contributed by atoms with E-state index < -0.39 is 34.5 Å². The Morgan fingerprint density at radius 2 is 2.17 bits per heavy atom. The van der Waals surface area contributed by atoms with Gasteiger partial charge in [0.15, 0.2) is 5.72 Å². The van der Waals surface area contributed by atoms with Crippen molar-refractivity contribution in [2.75, 3.05) is 13.2 Å². The smallest absolute Gasteiger partial charge is 0.330 e. The van der Waals surface area contributed by atoms with E-state index in [-0.39, 0.29) is 13.2 Å². The Hall–Kier alpha value is -1.93. The van der Waals surface area contributed by atoms with E-state index in [4.69, 9.17) is 9.47 Å². The SMILES string of the molecule is Cc1cn([C@@]2(COC(=O)C(C)(C)C)CC[C@@H](CO)O2)c(=O)[nH]c1=O. The number of rotatable bonds is 4. The molecule has 8 nitrogen and oxygen atoms in total. The minimum absolute atomic E-state index is 0.176. The summed E-state index contributed by atoms with van der Waals surface area (Å²) in [4.78, 5) is 38.1. The number of ether oxygens (including phenoxy) is 2. The molecule has 1 saturated heterocycles.